The van der Waals surface area contributed by atoms with E-state index in [1.807, 2.05) is 24.3 Å². The van der Waals surface area contributed by atoms with E-state index in [9.17, 15) is 4.79 Å². The number of esters is 1. The van der Waals surface area contributed by atoms with Gasteiger partial charge in [-0.25, -0.2) is 0 Å². The van der Waals surface area contributed by atoms with Crippen molar-refractivity contribution in [2.45, 2.75) is 29.4 Å². The molecule has 5 heteroatoms. The van der Waals surface area contributed by atoms with Crippen LogP contribution in [0.15, 0.2) is 29.2 Å². The van der Waals surface area contributed by atoms with Crippen LogP contribution in [0.25, 0.3) is 0 Å². The maximum absolute atomic E-state index is 11.1. The second-order valence-corrected chi connectivity index (χ2v) is 5.82. The molecule has 17 heavy (non-hydrogen) atoms. The second-order valence-electron chi connectivity index (χ2n) is 3.33. The topological polar surface area (TPSA) is 26.3 Å². The maximum Gasteiger partial charge on any atom is 0.305 e. The quantitative estimate of drug-likeness (QED) is 0.443. The summed E-state index contributed by atoms with van der Waals surface area (Å²) in [6.45, 7) is 2.20. The summed E-state index contributed by atoms with van der Waals surface area (Å²) < 4.78 is 4.70. The summed E-state index contributed by atoms with van der Waals surface area (Å²) in [4.78, 5) is 12.2. The molecule has 0 aromatic heterocycles. The van der Waals surface area contributed by atoms with Crippen LogP contribution in [0.4, 0.5) is 0 Å². The van der Waals surface area contributed by atoms with Crippen molar-refractivity contribution < 1.29 is 9.53 Å². The third kappa shape index (κ3) is 6.20. The predicted octanol–water partition coefficient (Wildman–Crippen LogP) is 4.34. The van der Waals surface area contributed by atoms with Gasteiger partial charge in [0.25, 0.3) is 0 Å². The zero-order valence-corrected chi connectivity index (χ0v) is 11.8. The summed E-state index contributed by atoms with van der Waals surface area (Å²) in [5, 5.41) is 0.701. The summed E-state index contributed by atoms with van der Waals surface area (Å²) in [6.07, 6.45) is 0.941. The lowest BCUT2D eigenvalue weighted by atomic mass is 10.3. The molecule has 0 saturated heterocycles. The lowest BCUT2D eigenvalue weighted by Gasteiger charge is -2.08. The molecule has 0 heterocycles. The van der Waals surface area contributed by atoms with Gasteiger partial charge in [-0.2, -0.15) is 0 Å². The van der Waals surface area contributed by atoms with E-state index in [4.69, 9.17) is 27.9 Å². The van der Waals surface area contributed by atoms with E-state index in [1.54, 1.807) is 6.92 Å². The molecule has 0 fully saturated rings. The molecule has 0 bridgehead atoms. The summed E-state index contributed by atoms with van der Waals surface area (Å²) >= 11 is 13.4. The highest BCUT2D eigenvalue weighted by atomic mass is 35.5. The largest absolute Gasteiger partial charge is 0.466 e. The monoisotopic (exact) mass is 292 g/mol. The van der Waals surface area contributed by atoms with Crippen LogP contribution >= 0.6 is 35.0 Å². The van der Waals surface area contributed by atoms with Crippen molar-refractivity contribution in [2.75, 3.05) is 6.61 Å². The molecule has 0 unspecified atom stereocenters. The van der Waals surface area contributed by atoms with Gasteiger partial charge in [0.2, 0.25) is 0 Å². The Kier molecular flexibility index (Phi) is 6.78. The van der Waals surface area contributed by atoms with Crippen molar-refractivity contribution in [3.63, 3.8) is 0 Å². The molecule has 0 saturated carbocycles. The minimum Gasteiger partial charge on any atom is -0.466 e. The minimum atomic E-state index is -0.199. The number of hydrogen-bond donors (Lipinski definition) is 0. The Balaban J connectivity index is 2.31. The van der Waals surface area contributed by atoms with Crippen molar-refractivity contribution in [2.24, 2.45) is 0 Å². The first-order valence-electron chi connectivity index (χ1n) is 5.33. The van der Waals surface area contributed by atoms with Gasteiger partial charge in [-0.1, -0.05) is 11.6 Å². The molecule has 1 atom stereocenters. The molecule has 0 aliphatic heterocycles. The number of ether oxygens (including phenoxy) is 1. The number of halogens is 2. The summed E-state index contributed by atoms with van der Waals surface area (Å²) in [5.41, 5.74) is 0. The van der Waals surface area contributed by atoms with E-state index in [2.05, 4.69) is 0 Å². The van der Waals surface area contributed by atoms with Gasteiger partial charge in [-0.3, -0.25) is 4.79 Å². The van der Waals surface area contributed by atoms with E-state index < -0.39 is 0 Å². The molecule has 0 spiro atoms. The molecule has 1 rings (SSSR count). The van der Waals surface area contributed by atoms with Crippen molar-refractivity contribution in [3.8, 4) is 0 Å². The van der Waals surface area contributed by atoms with Crippen LogP contribution in [0.1, 0.15) is 19.8 Å². The van der Waals surface area contributed by atoms with E-state index in [1.165, 1.54) is 11.8 Å². The molecular weight excluding hydrogens is 279 g/mol. The average Bonchev–Trinajstić information content (AvgIpc) is 2.30. The van der Waals surface area contributed by atoms with E-state index >= 15 is 0 Å². The third-order valence-corrected chi connectivity index (χ3v) is 3.73. The molecular formula is C12H14Cl2O2S. The van der Waals surface area contributed by atoms with Crippen molar-refractivity contribution in [1.29, 1.82) is 0 Å². The summed E-state index contributed by atoms with van der Waals surface area (Å²) in [5.74, 6) is -0.199. The van der Waals surface area contributed by atoms with Crippen LogP contribution in [-0.2, 0) is 9.53 Å². The Hall–Kier alpha value is -0.380. The number of rotatable bonds is 6. The van der Waals surface area contributed by atoms with Gasteiger partial charge in [-0.05, 0) is 37.6 Å². The zero-order chi connectivity index (χ0) is 12.7. The van der Waals surface area contributed by atoms with Gasteiger partial charge in [0.05, 0.1) is 11.3 Å². The number of alkyl halides is 1. The fourth-order valence-electron chi connectivity index (χ4n) is 1.18. The normalized spacial score (nSPS) is 12.2. The van der Waals surface area contributed by atoms with Crippen LogP contribution in [0.3, 0.4) is 0 Å². The van der Waals surface area contributed by atoms with Gasteiger partial charge >= 0.3 is 5.97 Å². The summed E-state index contributed by atoms with van der Waals surface area (Å²) in [6, 6.07) is 7.46. The van der Waals surface area contributed by atoms with Crippen LogP contribution < -0.4 is 0 Å². The summed E-state index contributed by atoms with van der Waals surface area (Å²) in [7, 11) is 0. The molecule has 0 amide bonds. The molecule has 0 aliphatic carbocycles. The lowest BCUT2D eigenvalue weighted by Crippen LogP contribution is -2.06. The molecule has 0 aliphatic rings. The average molecular weight is 293 g/mol. The molecule has 2 nitrogen and oxygen atoms in total. The predicted molar refractivity (Wildman–Crippen MR) is 72.8 cm³/mol. The van der Waals surface area contributed by atoms with E-state index in [0.29, 0.717) is 24.5 Å². The first kappa shape index (κ1) is 14.7. The number of hydrogen-bond acceptors (Lipinski definition) is 3. The molecule has 1 aromatic carbocycles. The van der Waals surface area contributed by atoms with Crippen molar-refractivity contribution in [1.82, 2.24) is 0 Å². The molecule has 1 aromatic rings. The van der Waals surface area contributed by atoms with Crippen molar-refractivity contribution in [3.05, 3.63) is 29.3 Å². The van der Waals surface area contributed by atoms with Gasteiger partial charge in [0.1, 0.15) is 0 Å². The number of benzene rings is 1. The third-order valence-electron chi connectivity index (χ3n) is 1.96. The van der Waals surface area contributed by atoms with Gasteiger partial charge < -0.3 is 4.74 Å². The highest BCUT2D eigenvalue weighted by Gasteiger charge is 2.10. The minimum absolute atomic E-state index is 0.138. The molecule has 94 valence electrons. The second kappa shape index (κ2) is 7.85. The Bertz CT molecular complexity index is 354. The lowest BCUT2D eigenvalue weighted by molar-refractivity contribution is -0.143. The van der Waals surface area contributed by atoms with Gasteiger partial charge in [-0.15, -0.1) is 23.4 Å². The smallest absolute Gasteiger partial charge is 0.305 e. The first-order valence-corrected chi connectivity index (χ1v) is 7.03. The Morgan fingerprint density at radius 3 is 2.65 bits per heavy atom. The Morgan fingerprint density at radius 1 is 1.41 bits per heavy atom. The number of carbonyl (C=O) groups excluding carboxylic acids is 1. The van der Waals surface area contributed by atoms with Crippen molar-refractivity contribution >= 4 is 40.9 Å². The van der Waals surface area contributed by atoms with E-state index in [-0.39, 0.29) is 10.7 Å². The van der Waals surface area contributed by atoms with Gasteiger partial charge in [0.15, 0.2) is 0 Å². The van der Waals surface area contributed by atoms with Gasteiger partial charge in [0, 0.05) is 16.3 Å². The molecule has 0 radical (unpaired) electrons. The highest BCUT2D eigenvalue weighted by molar-refractivity contribution is 8.01. The SMILES string of the molecule is CCOC(=O)CC[C@H](Cl)Sc1ccc(Cl)cc1. The van der Waals surface area contributed by atoms with Crippen LogP contribution in [0.5, 0.6) is 0 Å². The van der Waals surface area contributed by atoms with Crippen LogP contribution in [0.2, 0.25) is 5.02 Å². The maximum atomic E-state index is 11.1. The first-order chi connectivity index (χ1) is 8.11. The zero-order valence-electron chi connectivity index (χ0n) is 9.49. The van der Waals surface area contributed by atoms with Crippen LogP contribution in [0, 0.1) is 0 Å². The number of thioether (sulfide) groups is 1. The standard InChI is InChI=1S/C12H14Cl2O2S/c1-2-16-12(15)8-7-11(14)17-10-5-3-9(13)4-6-10/h3-6,11H,2,7-8H2,1H3/t11-/m1/s1. The van der Waals surface area contributed by atoms with Crippen LogP contribution in [-0.4, -0.2) is 17.3 Å². The number of carbonyl (C=O) groups is 1. The fraction of sp³-hybridized carbons (Fsp3) is 0.417. The fourth-order valence-corrected chi connectivity index (χ4v) is 2.55. The molecule has 0 N–H and O–H groups in total. The Morgan fingerprint density at radius 2 is 2.06 bits per heavy atom. The Labute approximate surface area is 116 Å². The van der Waals surface area contributed by atoms with E-state index in [0.717, 1.165) is 4.90 Å². The highest BCUT2D eigenvalue weighted by Crippen LogP contribution is 2.29.